The highest BCUT2D eigenvalue weighted by Gasteiger charge is 2.41. The van der Waals surface area contributed by atoms with Crippen LogP contribution in [-0.2, 0) is 0 Å². The second-order valence-electron chi connectivity index (χ2n) is 3.95. The van der Waals surface area contributed by atoms with Crippen LogP contribution in [0.1, 0.15) is 39.0 Å². The molecule has 1 atom stereocenters. The van der Waals surface area contributed by atoms with Gasteiger partial charge in [-0.3, -0.25) is 0 Å². The molecule has 0 amide bonds. The van der Waals surface area contributed by atoms with Crippen LogP contribution in [0.25, 0.3) is 0 Å². The minimum Gasteiger partial charge on any atom is -0.303 e. The Kier molecular flexibility index (Phi) is 4.64. The van der Waals surface area contributed by atoms with E-state index in [9.17, 15) is 13.2 Å². The lowest BCUT2D eigenvalue weighted by molar-refractivity contribution is -0.147. The predicted octanol–water partition coefficient (Wildman–Crippen LogP) is 3.42. The summed E-state index contributed by atoms with van der Waals surface area (Å²) >= 11 is 0. The first-order valence-electron chi connectivity index (χ1n) is 5.54. The van der Waals surface area contributed by atoms with Gasteiger partial charge in [0.05, 0.1) is 0 Å². The maximum Gasteiger partial charge on any atom is 0.407 e. The third-order valence-electron chi connectivity index (χ3n) is 2.62. The first kappa shape index (κ1) is 12.6. The smallest absolute Gasteiger partial charge is 0.303 e. The van der Waals surface area contributed by atoms with Gasteiger partial charge in [0.15, 0.2) is 0 Å². The molecule has 1 rings (SSSR count). The highest BCUT2D eigenvalue weighted by atomic mass is 19.4. The lowest BCUT2D eigenvalue weighted by Gasteiger charge is -2.26. The van der Waals surface area contributed by atoms with Gasteiger partial charge in [-0.2, -0.15) is 13.2 Å². The number of allylic oxidation sites excluding steroid dienone is 1. The third kappa shape index (κ3) is 3.86. The molecule has 1 aliphatic carbocycles. The predicted molar refractivity (Wildman–Crippen MR) is 54.7 cm³/mol. The van der Waals surface area contributed by atoms with Crippen LogP contribution >= 0.6 is 0 Å². The van der Waals surface area contributed by atoms with Crippen molar-refractivity contribution >= 4 is 0 Å². The molecule has 0 aromatic heterocycles. The summed E-state index contributed by atoms with van der Waals surface area (Å²) in [6.07, 6.45) is 1.59. The van der Waals surface area contributed by atoms with Gasteiger partial charge >= 0.3 is 6.18 Å². The molecule has 1 N–H and O–H groups in total. The second-order valence-corrected chi connectivity index (χ2v) is 3.95. The molecule has 0 spiro atoms. The van der Waals surface area contributed by atoms with Gasteiger partial charge in [0, 0.05) is 0 Å². The van der Waals surface area contributed by atoms with E-state index < -0.39 is 12.2 Å². The van der Waals surface area contributed by atoms with E-state index in [1.54, 1.807) is 6.08 Å². The van der Waals surface area contributed by atoms with Crippen molar-refractivity contribution in [2.75, 3.05) is 6.54 Å². The summed E-state index contributed by atoms with van der Waals surface area (Å²) in [5.74, 6) is 0. The van der Waals surface area contributed by atoms with E-state index in [2.05, 4.69) is 5.32 Å². The summed E-state index contributed by atoms with van der Waals surface area (Å²) in [5.41, 5.74) is 0.530. The normalized spacial score (nSPS) is 19.9. The fraction of sp³-hybridized carbons (Fsp3) is 0.818. The zero-order valence-corrected chi connectivity index (χ0v) is 9.03. The average molecular weight is 221 g/mol. The SMILES string of the molecule is CCCNC(C1=CCCCC1)C(F)(F)F. The molecule has 0 aromatic rings. The first-order chi connectivity index (χ1) is 7.05. The average Bonchev–Trinajstić information content (AvgIpc) is 2.18. The van der Waals surface area contributed by atoms with Crippen molar-refractivity contribution in [2.24, 2.45) is 0 Å². The van der Waals surface area contributed by atoms with Gasteiger partial charge in [-0.05, 0) is 44.2 Å². The van der Waals surface area contributed by atoms with Gasteiger partial charge in [-0.15, -0.1) is 0 Å². The van der Waals surface area contributed by atoms with Gasteiger partial charge in [-0.1, -0.05) is 13.0 Å². The molecule has 88 valence electrons. The molecule has 0 fully saturated rings. The zero-order chi connectivity index (χ0) is 11.3. The van der Waals surface area contributed by atoms with Crippen molar-refractivity contribution < 1.29 is 13.2 Å². The van der Waals surface area contributed by atoms with Crippen LogP contribution < -0.4 is 5.32 Å². The quantitative estimate of drug-likeness (QED) is 0.717. The number of alkyl halides is 3. The van der Waals surface area contributed by atoms with Gasteiger partial charge < -0.3 is 5.32 Å². The standard InChI is InChI=1S/C11H18F3N/c1-2-8-15-10(11(12,13)14)9-6-4-3-5-7-9/h6,10,15H,2-5,7-8H2,1H3. The highest BCUT2D eigenvalue weighted by molar-refractivity contribution is 5.15. The Morgan fingerprint density at radius 2 is 2.13 bits per heavy atom. The zero-order valence-electron chi connectivity index (χ0n) is 9.03. The molecule has 1 aliphatic rings. The van der Waals surface area contributed by atoms with Crippen LogP contribution in [0.4, 0.5) is 13.2 Å². The van der Waals surface area contributed by atoms with Crippen LogP contribution in [0.3, 0.4) is 0 Å². The van der Waals surface area contributed by atoms with E-state index >= 15 is 0 Å². The Hall–Kier alpha value is -0.510. The first-order valence-corrected chi connectivity index (χ1v) is 5.54. The van der Waals surface area contributed by atoms with Gasteiger partial charge in [-0.25, -0.2) is 0 Å². The van der Waals surface area contributed by atoms with Crippen LogP contribution in [0.15, 0.2) is 11.6 Å². The third-order valence-corrected chi connectivity index (χ3v) is 2.62. The topological polar surface area (TPSA) is 12.0 Å². The minimum absolute atomic E-state index is 0.418. The molecule has 0 radical (unpaired) electrons. The van der Waals surface area contributed by atoms with E-state index in [4.69, 9.17) is 0 Å². The fourth-order valence-corrected chi connectivity index (χ4v) is 1.87. The van der Waals surface area contributed by atoms with Crippen LogP contribution in [0.5, 0.6) is 0 Å². The Labute approximate surface area is 88.7 Å². The Balaban J connectivity index is 2.66. The minimum atomic E-state index is -4.15. The molecule has 1 nitrogen and oxygen atoms in total. The molecular weight excluding hydrogens is 203 g/mol. The molecule has 0 heterocycles. The van der Waals surface area contributed by atoms with Crippen molar-refractivity contribution in [1.29, 1.82) is 0 Å². The molecule has 0 aromatic carbocycles. The summed E-state index contributed by atoms with van der Waals surface area (Å²) in [7, 11) is 0. The molecule has 1 unspecified atom stereocenters. The van der Waals surface area contributed by atoms with E-state index in [1.165, 1.54) is 0 Å². The summed E-state index contributed by atoms with van der Waals surface area (Å²) in [6, 6.07) is -1.42. The number of hydrogen-bond acceptors (Lipinski definition) is 1. The van der Waals surface area contributed by atoms with Gasteiger partial charge in [0.25, 0.3) is 0 Å². The molecular formula is C11H18F3N. The van der Waals surface area contributed by atoms with Crippen LogP contribution in [0.2, 0.25) is 0 Å². The van der Waals surface area contributed by atoms with E-state index in [1.807, 2.05) is 6.92 Å². The largest absolute Gasteiger partial charge is 0.407 e. The van der Waals surface area contributed by atoms with Crippen molar-refractivity contribution in [1.82, 2.24) is 5.32 Å². The van der Waals surface area contributed by atoms with Crippen molar-refractivity contribution in [3.05, 3.63) is 11.6 Å². The lowest BCUT2D eigenvalue weighted by atomic mass is 9.93. The molecule has 4 heteroatoms. The summed E-state index contributed by atoms with van der Waals surface area (Å²) in [4.78, 5) is 0. The highest BCUT2D eigenvalue weighted by Crippen LogP contribution is 2.30. The monoisotopic (exact) mass is 221 g/mol. The number of halogens is 3. The van der Waals surface area contributed by atoms with Crippen LogP contribution in [-0.4, -0.2) is 18.8 Å². The van der Waals surface area contributed by atoms with Gasteiger partial charge in [0.1, 0.15) is 6.04 Å². The molecule has 0 aliphatic heterocycles. The second kappa shape index (κ2) is 5.54. The Bertz CT molecular complexity index is 220. The Morgan fingerprint density at radius 3 is 2.60 bits per heavy atom. The molecule has 0 saturated carbocycles. The van der Waals surface area contributed by atoms with Gasteiger partial charge in [0.2, 0.25) is 0 Å². The van der Waals surface area contributed by atoms with Crippen molar-refractivity contribution in [2.45, 2.75) is 51.2 Å². The molecule has 15 heavy (non-hydrogen) atoms. The number of nitrogens with one attached hydrogen (secondary N) is 1. The lowest BCUT2D eigenvalue weighted by Crippen LogP contribution is -2.44. The fourth-order valence-electron chi connectivity index (χ4n) is 1.87. The van der Waals surface area contributed by atoms with Crippen molar-refractivity contribution in [3.63, 3.8) is 0 Å². The van der Waals surface area contributed by atoms with Crippen molar-refractivity contribution in [3.8, 4) is 0 Å². The summed E-state index contributed by atoms with van der Waals surface area (Å²) < 4.78 is 38.2. The Morgan fingerprint density at radius 1 is 1.40 bits per heavy atom. The van der Waals surface area contributed by atoms with E-state index in [0.717, 1.165) is 25.7 Å². The summed E-state index contributed by atoms with van der Waals surface area (Å²) in [6.45, 7) is 2.29. The maximum atomic E-state index is 12.7. The molecule has 0 bridgehead atoms. The van der Waals surface area contributed by atoms with E-state index in [-0.39, 0.29) is 0 Å². The molecule has 0 saturated heterocycles. The maximum absolute atomic E-state index is 12.7. The number of hydrogen-bond donors (Lipinski definition) is 1. The van der Waals surface area contributed by atoms with Crippen LogP contribution in [0, 0.1) is 0 Å². The number of rotatable bonds is 4. The van der Waals surface area contributed by atoms with E-state index in [0.29, 0.717) is 18.5 Å². The summed E-state index contributed by atoms with van der Waals surface area (Å²) in [5, 5.41) is 2.59.